The SMILES string of the molecule is CCOC(=O)N[C@@H](CC(=O)OC)CN1CCC(COC(=O)n2c3ccccc3c3ccccc32)CC1. The van der Waals surface area contributed by atoms with Crippen LogP contribution in [0.5, 0.6) is 0 Å². The smallest absolute Gasteiger partial charge is 0.418 e. The molecule has 3 aromatic rings. The second-order valence-corrected chi connectivity index (χ2v) is 9.03. The third kappa shape index (κ3) is 5.96. The van der Waals surface area contributed by atoms with Gasteiger partial charge in [-0.1, -0.05) is 36.4 Å². The third-order valence-corrected chi connectivity index (χ3v) is 6.63. The summed E-state index contributed by atoms with van der Waals surface area (Å²) in [5.41, 5.74) is 1.67. The highest BCUT2D eigenvalue weighted by atomic mass is 16.6. The van der Waals surface area contributed by atoms with Crippen molar-refractivity contribution in [2.45, 2.75) is 32.2 Å². The van der Waals surface area contributed by atoms with Crippen LogP contribution in [-0.4, -0.2) is 73.6 Å². The Labute approximate surface area is 210 Å². The van der Waals surface area contributed by atoms with E-state index in [4.69, 9.17) is 14.2 Å². The fraction of sp³-hybridized carbons (Fsp3) is 0.444. The number of ether oxygens (including phenoxy) is 3. The molecule has 1 amide bonds. The van der Waals surface area contributed by atoms with Crippen molar-refractivity contribution in [3.63, 3.8) is 0 Å². The van der Waals surface area contributed by atoms with Crippen molar-refractivity contribution in [3.8, 4) is 0 Å². The fourth-order valence-electron chi connectivity index (χ4n) is 4.81. The number of methoxy groups -OCH3 is 1. The van der Waals surface area contributed by atoms with Crippen LogP contribution >= 0.6 is 0 Å². The van der Waals surface area contributed by atoms with E-state index in [-0.39, 0.29) is 31.0 Å². The van der Waals surface area contributed by atoms with Gasteiger partial charge in [0.2, 0.25) is 0 Å². The average molecular weight is 496 g/mol. The van der Waals surface area contributed by atoms with E-state index in [1.54, 1.807) is 11.5 Å². The average Bonchev–Trinajstić information content (AvgIpc) is 3.22. The van der Waals surface area contributed by atoms with Crippen LogP contribution in [0.4, 0.5) is 9.59 Å². The molecule has 0 aliphatic carbocycles. The third-order valence-electron chi connectivity index (χ3n) is 6.63. The molecule has 1 atom stereocenters. The van der Waals surface area contributed by atoms with Gasteiger partial charge in [0.15, 0.2) is 0 Å². The summed E-state index contributed by atoms with van der Waals surface area (Å²) in [4.78, 5) is 39.0. The van der Waals surface area contributed by atoms with Crippen molar-refractivity contribution in [2.24, 2.45) is 5.92 Å². The van der Waals surface area contributed by atoms with E-state index in [1.165, 1.54) is 7.11 Å². The van der Waals surface area contributed by atoms with E-state index in [0.717, 1.165) is 47.7 Å². The molecule has 9 nitrogen and oxygen atoms in total. The molecule has 0 unspecified atom stereocenters. The van der Waals surface area contributed by atoms with Crippen molar-refractivity contribution < 1.29 is 28.6 Å². The summed E-state index contributed by atoms with van der Waals surface area (Å²) in [6.07, 6.45) is 0.867. The van der Waals surface area contributed by atoms with Gasteiger partial charge >= 0.3 is 18.2 Å². The zero-order valence-corrected chi connectivity index (χ0v) is 20.8. The maximum absolute atomic E-state index is 13.1. The van der Waals surface area contributed by atoms with Crippen molar-refractivity contribution in [2.75, 3.05) is 40.0 Å². The number of para-hydroxylation sites is 2. The van der Waals surface area contributed by atoms with Crippen molar-refractivity contribution in [1.82, 2.24) is 14.8 Å². The van der Waals surface area contributed by atoms with Crippen LogP contribution in [-0.2, 0) is 19.0 Å². The molecule has 1 aliphatic heterocycles. The zero-order chi connectivity index (χ0) is 25.5. The molecule has 192 valence electrons. The van der Waals surface area contributed by atoms with Crippen LogP contribution in [0, 0.1) is 5.92 Å². The number of fused-ring (bicyclic) bond motifs is 3. The highest BCUT2D eigenvalue weighted by Gasteiger charge is 2.26. The molecule has 9 heteroatoms. The lowest BCUT2D eigenvalue weighted by Gasteiger charge is -2.34. The Kier molecular flexibility index (Phi) is 8.43. The Morgan fingerprint density at radius 2 is 1.58 bits per heavy atom. The number of carbonyl (C=O) groups excluding carboxylic acids is 3. The Morgan fingerprint density at radius 1 is 0.972 bits per heavy atom. The number of benzene rings is 2. The lowest BCUT2D eigenvalue weighted by atomic mass is 9.97. The van der Waals surface area contributed by atoms with Crippen molar-refractivity contribution in [1.29, 1.82) is 0 Å². The minimum absolute atomic E-state index is 0.0750. The van der Waals surface area contributed by atoms with E-state index < -0.39 is 12.1 Å². The van der Waals surface area contributed by atoms with Gasteiger partial charge in [0, 0.05) is 17.3 Å². The van der Waals surface area contributed by atoms with E-state index in [0.29, 0.717) is 13.2 Å². The number of rotatable bonds is 8. The zero-order valence-electron chi connectivity index (χ0n) is 20.8. The topological polar surface area (TPSA) is 99.1 Å². The number of amides is 1. The molecular weight excluding hydrogens is 462 g/mol. The second-order valence-electron chi connectivity index (χ2n) is 9.03. The fourth-order valence-corrected chi connectivity index (χ4v) is 4.81. The summed E-state index contributed by atoms with van der Waals surface area (Å²) in [6.45, 7) is 4.41. The number of carbonyl (C=O) groups is 3. The molecule has 0 saturated carbocycles. The first-order valence-corrected chi connectivity index (χ1v) is 12.4. The van der Waals surface area contributed by atoms with E-state index in [1.807, 2.05) is 48.5 Å². The number of likely N-dealkylation sites (tertiary alicyclic amines) is 1. The number of nitrogens with one attached hydrogen (secondary N) is 1. The number of alkyl carbamates (subject to hydrolysis) is 1. The van der Waals surface area contributed by atoms with Gasteiger partial charge < -0.3 is 24.4 Å². The first kappa shape index (κ1) is 25.5. The number of hydrogen-bond acceptors (Lipinski definition) is 7. The predicted molar refractivity (Wildman–Crippen MR) is 136 cm³/mol. The van der Waals surface area contributed by atoms with Gasteiger partial charge in [0.25, 0.3) is 0 Å². The largest absolute Gasteiger partial charge is 0.469 e. The molecular formula is C27H33N3O6. The van der Waals surface area contributed by atoms with Gasteiger partial charge in [-0.25, -0.2) is 14.2 Å². The summed E-state index contributed by atoms with van der Waals surface area (Å²) >= 11 is 0. The standard InChI is InChI=1S/C27H33N3O6/c1-3-35-26(32)28-20(16-25(31)34-2)17-29-14-12-19(13-15-29)18-36-27(33)30-23-10-6-4-8-21(23)22-9-5-7-11-24(22)30/h4-11,19-20H,3,12-18H2,1-2H3,(H,28,32)/t20-/m0/s1. The summed E-state index contributed by atoms with van der Waals surface area (Å²) in [7, 11) is 1.33. The summed E-state index contributed by atoms with van der Waals surface area (Å²) in [6, 6.07) is 15.3. The molecule has 0 radical (unpaired) electrons. The molecule has 36 heavy (non-hydrogen) atoms. The summed E-state index contributed by atoms with van der Waals surface area (Å²) < 4.78 is 17.2. The number of aromatic nitrogens is 1. The van der Waals surface area contributed by atoms with Gasteiger partial charge in [-0.2, -0.15) is 0 Å². The number of esters is 1. The minimum atomic E-state index is -0.543. The van der Waals surface area contributed by atoms with Crippen molar-refractivity contribution >= 4 is 40.0 Å². The van der Waals surface area contributed by atoms with Crippen LogP contribution in [0.25, 0.3) is 21.8 Å². The molecule has 1 fully saturated rings. The molecule has 4 rings (SSSR count). The normalized spacial score (nSPS) is 15.5. The van der Waals surface area contributed by atoms with Gasteiger partial charge in [-0.15, -0.1) is 0 Å². The van der Waals surface area contributed by atoms with Crippen LogP contribution in [0.3, 0.4) is 0 Å². The first-order valence-electron chi connectivity index (χ1n) is 12.4. The van der Waals surface area contributed by atoms with E-state index in [2.05, 4.69) is 10.2 Å². The highest BCUT2D eigenvalue weighted by Crippen LogP contribution is 2.29. The van der Waals surface area contributed by atoms with E-state index >= 15 is 0 Å². The Bertz CT molecular complexity index is 1160. The summed E-state index contributed by atoms with van der Waals surface area (Å²) in [5.74, 6) is -0.140. The minimum Gasteiger partial charge on any atom is -0.469 e. The monoisotopic (exact) mass is 495 g/mol. The van der Waals surface area contributed by atoms with Crippen LogP contribution in [0.1, 0.15) is 26.2 Å². The van der Waals surface area contributed by atoms with E-state index in [9.17, 15) is 14.4 Å². The number of piperidine rings is 1. The maximum atomic E-state index is 13.1. The first-order chi connectivity index (χ1) is 17.5. The van der Waals surface area contributed by atoms with Crippen molar-refractivity contribution in [3.05, 3.63) is 48.5 Å². The van der Waals surface area contributed by atoms with Gasteiger partial charge in [0.05, 0.1) is 43.8 Å². The highest BCUT2D eigenvalue weighted by molar-refractivity contribution is 6.12. The van der Waals surface area contributed by atoms with Gasteiger partial charge in [-0.3, -0.25) is 4.79 Å². The number of hydrogen-bond donors (Lipinski definition) is 1. The predicted octanol–water partition coefficient (Wildman–Crippen LogP) is 4.17. The van der Waals surface area contributed by atoms with Crippen LogP contribution in [0.15, 0.2) is 48.5 Å². The molecule has 1 aliphatic rings. The Morgan fingerprint density at radius 3 is 2.17 bits per heavy atom. The quantitative estimate of drug-likeness (QED) is 0.370. The molecule has 2 aromatic carbocycles. The van der Waals surface area contributed by atoms with Crippen LogP contribution in [0.2, 0.25) is 0 Å². The van der Waals surface area contributed by atoms with Gasteiger partial charge in [0.1, 0.15) is 0 Å². The molecule has 0 bridgehead atoms. The molecule has 0 spiro atoms. The second kappa shape index (κ2) is 11.9. The van der Waals surface area contributed by atoms with Crippen LogP contribution < -0.4 is 5.32 Å². The molecule has 2 heterocycles. The molecule has 1 N–H and O–H groups in total. The maximum Gasteiger partial charge on any atom is 0.418 e. The molecule has 1 saturated heterocycles. The number of nitrogens with zero attached hydrogens (tertiary/aromatic N) is 2. The Hall–Kier alpha value is -3.59. The van der Waals surface area contributed by atoms with Gasteiger partial charge in [-0.05, 0) is 50.9 Å². The lowest BCUT2D eigenvalue weighted by Crippen LogP contribution is -2.47. The summed E-state index contributed by atoms with van der Waals surface area (Å²) in [5, 5.41) is 4.80. The Balaban J connectivity index is 1.32. The molecule has 1 aromatic heterocycles. The lowest BCUT2D eigenvalue weighted by molar-refractivity contribution is -0.141.